The van der Waals surface area contributed by atoms with Gasteiger partial charge >= 0.3 is 0 Å². The maximum Gasteiger partial charge on any atom is 0.271 e. The van der Waals surface area contributed by atoms with Crippen LogP contribution >= 0.6 is 0 Å². The van der Waals surface area contributed by atoms with E-state index in [-0.39, 0.29) is 5.56 Å². The second-order valence-corrected chi connectivity index (χ2v) is 5.54. The van der Waals surface area contributed by atoms with E-state index in [1.54, 1.807) is 0 Å². The van der Waals surface area contributed by atoms with Crippen molar-refractivity contribution in [1.82, 2.24) is 15.2 Å². The van der Waals surface area contributed by atoms with Crippen LogP contribution in [0, 0.1) is 13.8 Å². The van der Waals surface area contributed by atoms with Crippen LogP contribution in [0.2, 0.25) is 0 Å². The molecule has 3 rings (SSSR count). The molecule has 0 aliphatic carbocycles. The minimum atomic E-state index is -0.0888. The number of aromatic amines is 3. The highest BCUT2D eigenvalue weighted by atomic mass is 16.5. The Balaban J connectivity index is 2.24. The van der Waals surface area contributed by atoms with E-state index >= 15 is 0 Å². The first-order valence-corrected chi connectivity index (χ1v) is 7.38. The summed E-state index contributed by atoms with van der Waals surface area (Å²) in [6.45, 7) is 7.64. The van der Waals surface area contributed by atoms with Crippen molar-refractivity contribution < 1.29 is 4.74 Å². The quantitative estimate of drug-likeness (QED) is 0.757. The van der Waals surface area contributed by atoms with Gasteiger partial charge in [-0.3, -0.25) is 15.0 Å². The van der Waals surface area contributed by atoms with Crippen LogP contribution in [0.5, 0.6) is 0 Å². The summed E-state index contributed by atoms with van der Waals surface area (Å²) in [5.74, 6) is 0. The summed E-state index contributed by atoms with van der Waals surface area (Å²) < 4.78 is 5.40. The van der Waals surface area contributed by atoms with Crippen molar-refractivity contribution in [3.05, 3.63) is 43.4 Å². The van der Waals surface area contributed by atoms with E-state index in [0.29, 0.717) is 11.8 Å². The first-order valence-electron chi connectivity index (χ1n) is 7.38. The average molecular weight is 287 g/mol. The highest BCUT2D eigenvalue weighted by Crippen LogP contribution is 2.18. The summed E-state index contributed by atoms with van der Waals surface area (Å²) in [5, 5.41) is 7.24. The number of ether oxygens (including phenoxy) is 1. The van der Waals surface area contributed by atoms with E-state index < -0.39 is 0 Å². The molecule has 1 fully saturated rings. The topological polar surface area (TPSA) is 73.7 Å². The number of hydrogen-bond acceptors (Lipinski definition) is 2. The molecule has 0 amide bonds. The van der Waals surface area contributed by atoms with Crippen molar-refractivity contribution in [2.75, 3.05) is 13.2 Å². The third kappa shape index (κ3) is 2.38. The lowest BCUT2D eigenvalue weighted by Gasteiger charge is -1.95. The normalized spacial score (nSPS) is 18.7. The minimum absolute atomic E-state index is 0.0888. The van der Waals surface area contributed by atoms with Crippen molar-refractivity contribution in [2.24, 2.45) is 0 Å². The Hall–Kier alpha value is -2.01. The molecule has 2 aromatic rings. The molecule has 3 heterocycles. The largest absolute Gasteiger partial charge is 0.377 e. The van der Waals surface area contributed by atoms with Gasteiger partial charge in [-0.05, 0) is 49.5 Å². The van der Waals surface area contributed by atoms with Gasteiger partial charge in [0.2, 0.25) is 0 Å². The lowest BCUT2D eigenvalue weighted by atomic mass is 10.1. The Kier molecular flexibility index (Phi) is 3.59. The number of aryl methyl sites for hydroxylation is 1. The SMILES string of the molecule is CCc1c(C)[nH]c(C=c2c(=O)[nH][nH]c2=C2CCOC2)c1C. The van der Waals surface area contributed by atoms with E-state index in [1.165, 1.54) is 16.8 Å². The molecule has 0 atom stereocenters. The van der Waals surface area contributed by atoms with Gasteiger partial charge in [-0.2, -0.15) is 0 Å². The molecule has 21 heavy (non-hydrogen) atoms. The molecule has 0 bridgehead atoms. The Labute approximate surface area is 122 Å². The van der Waals surface area contributed by atoms with E-state index in [1.807, 2.05) is 6.08 Å². The van der Waals surface area contributed by atoms with Gasteiger partial charge in [0.1, 0.15) is 0 Å². The third-order valence-electron chi connectivity index (χ3n) is 4.27. The van der Waals surface area contributed by atoms with Crippen molar-refractivity contribution in [3.63, 3.8) is 0 Å². The van der Waals surface area contributed by atoms with E-state index in [0.717, 1.165) is 36.1 Å². The van der Waals surface area contributed by atoms with Gasteiger partial charge in [0.25, 0.3) is 5.56 Å². The van der Waals surface area contributed by atoms with Crippen LogP contribution in [0.4, 0.5) is 0 Å². The number of nitrogens with one attached hydrogen (secondary N) is 3. The molecule has 3 N–H and O–H groups in total. The van der Waals surface area contributed by atoms with E-state index in [4.69, 9.17) is 4.74 Å². The van der Waals surface area contributed by atoms with Crippen LogP contribution in [0.25, 0.3) is 11.6 Å². The fourth-order valence-corrected chi connectivity index (χ4v) is 3.08. The van der Waals surface area contributed by atoms with Crippen LogP contribution < -0.4 is 16.1 Å². The van der Waals surface area contributed by atoms with Crippen LogP contribution in [-0.2, 0) is 11.2 Å². The molecular formula is C16H21N3O2. The number of hydrogen-bond donors (Lipinski definition) is 3. The summed E-state index contributed by atoms with van der Waals surface area (Å²) >= 11 is 0. The molecule has 2 aromatic heterocycles. The molecule has 0 spiro atoms. The van der Waals surface area contributed by atoms with Gasteiger partial charge in [0, 0.05) is 11.4 Å². The van der Waals surface area contributed by atoms with Crippen molar-refractivity contribution >= 4 is 11.6 Å². The van der Waals surface area contributed by atoms with Crippen LogP contribution in [0.1, 0.15) is 35.9 Å². The van der Waals surface area contributed by atoms with E-state index in [9.17, 15) is 4.79 Å². The standard InChI is InChI=1S/C16H21N3O2/c1-4-12-9(2)14(17-10(12)3)7-13-15(18-19-16(13)20)11-5-6-21-8-11/h7,17-18H,4-6,8H2,1-3H3,(H,19,20). The highest BCUT2D eigenvalue weighted by molar-refractivity contribution is 5.55. The first kappa shape index (κ1) is 13.9. The number of aromatic nitrogens is 3. The van der Waals surface area contributed by atoms with E-state index in [2.05, 4.69) is 36.0 Å². The Morgan fingerprint density at radius 1 is 1.29 bits per heavy atom. The number of rotatable bonds is 2. The highest BCUT2D eigenvalue weighted by Gasteiger charge is 2.12. The summed E-state index contributed by atoms with van der Waals surface area (Å²) in [7, 11) is 0. The monoisotopic (exact) mass is 287 g/mol. The zero-order chi connectivity index (χ0) is 15.0. The molecule has 0 saturated carbocycles. The fourth-order valence-electron chi connectivity index (χ4n) is 3.08. The molecule has 5 nitrogen and oxygen atoms in total. The minimum Gasteiger partial charge on any atom is -0.377 e. The van der Waals surface area contributed by atoms with Gasteiger partial charge < -0.3 is 9.72 Å². The van der Waals surface area contributed by atoms with Gasteiger partial charge in [-0.1, -0.05) is 6.92 Å². The second kappa shape index (κ2) is 5.41. The maximum absolute atomic E-state index is 12.1. The van der Waals surface area contributed by atoms with Gasteiger partial charge in [-0.15, -0.1) is 0 Å². The van der Waals surface area contributed by atoms with Crippen LogP contribution in [0.3, 0.4) is 0 Å². The molecule has 1 aliphatic rings. The van der Waals surface area contributed by atoms with Crippen LogP contribution in [0.15, 0.2) is 4.79 Å². The van der Waals surface area contributed by atoms with Gasteiger partial charge in [-0.25, -0.2) is 0 Å². The zero-order valence-corrected chi connectivity index (χ0v) is 12.7. The lowest BCUT2D eigenvalue weighted by Crippen LogP contribution is -2.35. The second-order valence-electron chi connectivity index (χ2n) is 5.54. The predicted molar refractivity (Wildman–Crippen MR) is 82.7 cm³/mol. The molecule has 1 aliphatic heterocycles. The summed E-state index contributed by atoms with van der Waals surface area (Å²) in [4.78, 5) is 15.5. The summed E-state index contributed by atoms with van der Waals surface area (Å²) in [5.41, 5.74) is 5.79. The predicted octanol–water partition coefficient (Wildman–Crippen LogP) is 0.610. The van der Waals surface area contributed by atoms with Gasteiger partial charge in [0.15, 0.2) is 0 Å². The lowest BCUT2D eigenvalue weighted by molar-refractivity contribution is 0.207. The van der Waals surface area contributed by atoms with Gasteiger partial charge in [0.05, 0.1) is 23.8 Å². The van der Waals surface area contributed by atoms with Crippen molar-refractivity contribution in [2.45, 2.75) is 33.6 Å². The molecule has 112 valence electrons. The zero-order valence-electron chi connectivity index (χ0n) is 12.7. The van der Waals surface area contributed by atoms with Crippen LogP contribution in [-0.4, -0.2) is 28.4 Å². The molecule has 5 heteroatoms. The third-order valence-corrected chi connectivity index (χ3v) is 4.27. The summed E-state index contributed by atoms with van der Waals surface area (Å²) in [6, 6.07) is 0. The molecule has 0 aromatic carbocycles. The smallest absolute Gasteiger partial charge is 0.271 e. The molecule has 0 unspecified atom stereocenters. The molecular weight excluding hydrogens is 266 g/mol. The summed E-state index contributed by atoms with van der Waals surface area (Å²) in [6.07, 6.45) is 3.80. The first-order chi connectivity index (χ1) is 10.1. The Morgan fingerprint density at radius 2 is 2.10 bits per heavy atom. The maximum atomic E-state index is 12.1. The Morgan fingerprint density at radius 3 is 2.71 bits per heavy atom. The molecule has 1 saturated heterocycles. The number of H-pyrrole nitrogens is 3. The van der Waals surface area contributed by atoms with Crippen molar-refractivity contribution in [1.29, 1.82) is 0 Å². The van der Waals surface area contributed by atoms with Crippen molar-refractivity contribution in [3.8, 4) is 0 Å². The average Bonchev–Trinajstić information content (AvgIpc) is 3.14. The molecule has 0 radical (unpaired) electrons. The fraction of sp³-hybridized carbons (Fsp3) is 0.438. The Bertz CT molecular complexity index is 828.